The number of rotatable bonds is 5. The second kappa shape index (κ2) is 8.23. The van der Waals surface area contributed by atoms with Crippen molar-refractivity contribution in [1.82, 2.24) is 10.3 Å². The number of carbonyl (C=O) groups excluding carboxylic acids is 3. The van der Waals surface area contributed by atoms with Crippen LogP contribution in [0.2, 0.25) is 0 Å². The highest BCUT2D eigenvalue weighted by Crippen LogP contribution is 2.35. The largest absolute Gasteiger partial charge is 0.467 e. The lowest BCUT2D eigenvalue weighted by atomic mass is 10.0. The van der Waals surface area contributed by atoms with Gasteiger partial charge in [0.1, 0.15) is 6.04 Å². The van der Waals surface area contributed by atoms with Crippen molar-refractivity contribution >= 4 is 46.1 Å². The Morgan fingerprint density at radius 1 is 1.23 bits per heavy atom. The van der Waals surface area contributed by atoms with E-state index in [-0.39, 0.29) is 17.6 Å². The topological polar surface area (TPSA) is 100 Å². The third-order valence-electron chi connectivity index (χ3n) is 5.06. The molecular weight excluding hydrogens is 402 g/mol. The summed E-state index contributed by atoms with van der Waals surface area (Å²) in [5.41, 5.74) is 2.82. The summed E-state index contributed by atoms with van der Waals surface area (Å²) in [6.07, 6.45) is 2.12. The molecule has 1 aliphatic rings. The highest BCUT2D eigenvalue weighted by Gasteiger charge is 2.26. The number of nitrogens with one attached hydrogen (secondary N) is 3. The average Bonchev–Trinajstić information content (AvgIpc) is 3.16. The Hall–Kier alpha value is -3.26. The Morgan fingerprint density at radius 3 is 2.83 bits per heavy atom. The van der Waals surface area contributed by atoms with Gasteiger partial charge in [0.05, 0.1) is 18.0 Å². The van der Waals surface area contributed by atoms with Crippen molar-refractivity contribution in [2.75, 3.05) is 12.4 Å². The number of fused-ring (bicyclic) bond motifs is 2. The highest BCUT2D eigenvalue weighted by molar-refractivity contribution is 8.00. The molecule has 2 atom stereocenters. The first-order valence-corrected chi connectivity index (χ1v) is 10.4. The molecule has 7 nitrogen and oxygen atoms in total. The molecule has 0 fully saturated rings. The Morgan fingerprint density at radius 2 is 2.03 bits per heavy atom. The van der Waals surface area contributed by atoms with E-state index in [1.54, 1.807) is 18.2 Å². The predicted molar refractivity (Wildman–Crippen MR) is 116 cm³/mol. The number of para-hydroxylation sites is 1. The highest BCUT2D eigenvalue weighted by atomic mass is 32.2. The van der Waals surface area contributed by atoms with Crippen LogP contribution in [0.5, 0.6) is 0 Å². The van der Waals surface area contributed by atoms with Gasteiger partial charge in [-0.3, -0.25) is 9.59 Å². The first-order chi connectivity index (χ1) is 14.5. The van der Waals surface area contributed by atoms with Crippen LogP contribution in [0, 0.1) is 0 Å². The fraction of sp³-hybridized carbons (Fsp3) is 0.227. The van der Waals surface area contributed by atoms with E-state index in [1.807, 2.05) is 37.4 Å². The molecule has 0 aliphatic carbocycles. The standard InChI is InChI=1S/C22H21N3O4S/c1-12-20(26)24-17-9-13(7-8-19(17)30-12)21(27)25-18(22(28)29-2)10-14-11-23-16-6-4-3-5-15(14)16/h3-9,11-12,18,23H,10H2,1-2H3,(H,24,26)(H,25,27)/t12-,18-/m1/s1. The second-order valence-corrected chi connectivity index (χ2v) is 8.46. The van der Waals surface area contributed by atoms with Crippen molar-refractivity contribution in [1.29, 1.82) is 0 Å². The summed E-state index contributed by atoms with van der Waals surface area (Å²) in [6.45, 7) is 1.83. The minimum Gasteiger partial charge on any atom is -0.467 e. The number of ether oxygens (including phenoxy) is 1. The van der Waals surface area contributed by atoms with Crippen molar-refractivity contribution in [3.63, 3.8) is 0 Å². The number of methoxy groups -OCH3 is 1. The molecule has 0 unspecified atom stereocenters. The van der Waals surface area contributed by atoms with E-state index in [2.05, 4.69) is 15.6 Å². The summed E-state index contributed by atoms with van der Waals surface area (Å²) >= 11 is 1.45. The molecule has 2 heterocycles. The van der Waals surface area contributed by atoms with E-state index in [0.717, 1.165) is 21.4 Å². The van der Waals surface area contributed by atoms with Gasteiger partial charge in [-0.2, -0.15) is 0 Å². The fourth-order valence-corrected chi connectivity index (χ4v) is 4.38. The monoisotopic (exact) mass is 423 g/mol. The molecule has 0 radical (unpaired) electrons. The quantitative estimate of drug-likeness (QED) is 0.548. The van der Waals surface area contributed by atoms with Gasteiger partial charge in [0.2, 0.25) is 5.91 Å². The van der Waals surface area contributed by atoms with Crippen molar-refractivity contribution in [2.24, 2.45) is 0 Å². The summed E-state index contributed by atoms with van der Waals surface area (Å²) < 4.78 is 4.90. The van der Waals surface area contributed by atoms with Gasteiger partial charge < -0.3 is 20.4 Å². The number of amides is 2. The number of H-pyrrole nitrogens is 1. The van der Waals surface area contributed by atoms with Crippen LogP contribution < -0.4 is 10.6 Å². The second-order valence-electron chi connectivity index (χ2n) is 7.07. The molecule has 4 rings (SSSR count). The zero-order valence-corrected chi connectivity index (χ0v) is 17.3. The summed E-state index contributed by atoms with van der Waals surface area (Å²) in [4.78, 5) is 41.2. The number of aromatic nitrogens is 1. The third kappa shape index (κ3) is 3.91. The van der Waals surface area contributed by atoms with Crippen LogP contribution in [0.4, 0.5) is 5.69 Å². The first-order valence-electron chi connectivity index (χ1n) is 9.51. The molecule has 2 amide bonds. The normalized spacial score (nSPS) is 16.5. The lowest BCUT2D eigenvalue weighted by Crippen LogP contribution is -2.43. The SMILES string of the molecule is COC(=O)[C@@H](Cc1c[nH]c2ccccc12)NC(=O)c1ccc2c(c1)NC(=O)[C@@H](C)S2. The van der Waals surface area contributed by atoms with Gasteiger partial charge in [0, 0.05) is 34.0 Å². The van der Waals surface area contributed by atoms with Gasteiger partial charge >= 0.3 is 5.97 Å². The predicted octanol–water partition coefficient (Wildman–Crippen LogP) is 3.11. The first kappa shape index (κ1) is 20.0. The van der Waals surface area contributed by atoms with E-state index in [4.69, 9.17) is 4.74 Å². The van der Waals surface area contributed by atoms with E-state index in [9.17, 15) is 14.4 Å². The molecule has 30 heavy (non-hydrogen) atoms. The molecule has 0 bridgehead atoms. The number of thioether (sulfide) groups is 1. The Kier molecular flexibility index (Phi) is 5.50. The molecule has 0 saturated heterocycles. The lowest BCUT2D eigenvalue weighted by molar-refractivity contribution is -0.142. The maximum atomic E-state index is 12.9. The molecule has 3 aromatic rings. The van der Waals surface area contributed by atoms with Crippen LogP contribution in [0.3, 0.4) is 0 Å². The van der Waals surface area contributed by atoms with Crippen molar-refractivity contribution in [3.8, 4) is 0 Å². The molecule has 1 aromatic heterocycles. The van der Waals surface area contributed by atoms with Gasteiger partial charge in [0.25, 0.3) is 5.91 Å². The molecule has 0 spiro atoms. The van der Waals surface area contributed by atoms with Gasteiger partial charge in [-0.25, -0.2) is 4.79 Å². The van der Waals surface area contributed by atoms with E-state index >= 15 is 0 Å². The molecule has 3 N–H and O–H groups in total. The maximum Gasteiger partial charge on any atom is 0.328 e. The average molecular weight is 423 g/mol. The summed E-state index contributed by atoms with van der Waals surface area (Å²) in [5, 5.41) is 6.39. The van der Waals surface area contributed by atoms with Gasteiger partial charge in [-0.1, -0.05) is 18.2 Å². The Labute approximate surface area is 177 Å². The number of hydrogen-bond donors (Lipinski definition) is 3. The molecule has 0 saturated carbocycles. The molecule has 1 aliphatic heterocycles. The zero-order chi connectivity index (χ0) is 21.3. The van der Waals surface area contributed by atoms with Crippen LogP contribution in [0.1, 0.15) is 22.8 Å². The smallest absolute Gasteiger partial charge is 0.328 e. The Balaban J connectivity index is 1.55. The van der Waals surface area contributed by atoms with Crippen molar-refractivity contribution in [2.45, 2.75) is 29.5 Å². The number of hydrogen-bond acceptors (Lipinski definition) is 5. The maximum absolute atomic E-state index is 12.9. The van der Waals surface area contributed by atoms with Crippen LogP contribution in [-0.4, -0.2) is 41.2 Å². The summed E-state index contributed by atoms with van der Waals surface area (Å²) in [5.74, 6) is -1.04. The molecular formula is C22H21N3O4S. The van der Waals surface area contributed by atoms with Crippen molar-refractivity contribution < 1.29 is 19.1 Å². The minimum absolute atomic E-state index is 0.100. The molecule has 154 valence electrons. The summed E-state index contributed by atoms with van der Waals surface area (Å²) in [6, 6.07) is 12.0. The zero-order valence-electron chi connectivity index (χ0n) is 16.5. The molecule has 2 aromatic carbocycles. The van der Waals surface area contributed by atoms with Crippen LogP contribution in [0.15, 0.2) is 53.6 Å². The van der Waals surface area contributed by atoms with Crippen LogP contribution >= 0.6 is 11.8 Å². The van der Waals surface area contributed by atoms with E-state index in [1.165, 1.54) is 18.9 Å². The number of benzene rings is 2. The molecule has 8 heteroatoms. The number of aromatic amines is 1. The summed E-state index contributed by atoms with van der Waals surface area (Å²) in [7, 11) is 1.30. The van der Waals surface area contributed by atoms with E-state index < -0.39 is 17.9 Å². The fourth-order valence-electron chi connectivity index (χ4n) is 3.45. The number of carbonyl (C=O) groups is 3. The van der Waals surface area contributed by atoms with Crippen molar-refractivity contribution in [3.05, 3.63) is 59.8 Å². The number of anilines is 1. The number of esters is 1. The van der Waals surface area contributed by atoms with Gasteiger partial charge in [0.15, 0.2) is 0 Å². The van der Waals surface area contributed by atoms with E-state index in [0.29, 0.717) is 11.3 Å². The third-order valence-corrected chi connectivity index (χ3v) is 6.24. The minimum atomic E-state index is -0.846. The Bertz CT molecular complexity index is 1140. The van der Waals surface area contributed by atoms with Crippen LogP contribution in [-0.2, 0) is 20.7 Å². The van der Waals surface area contributed by atoms with Crippen LogP contribution in [0.25, 0.3) is 10.9 Å². The lowest BCUT2D eigenvalue weighted by Gasteiger charge is -2.22. The van der Waals surface area contributed by atoms with Gasteiger partial charge in [-0.05, 0) is 36.8 Å². The van der Waals surface area contributed by atoms with Gasteiger partial charge in [-0.15, -0.1) is 11.8 Å².